The molecule has 0 fully saturated rings. The van der Waals surface area contributed by atoms with Gasteiger partial charge in [0.2, 0.25) is 0 Å². The Morgan fingerprint density at radius 3 is 2.78 bits per heavy atom. The van der Waals surface area contributed by atoms with Gasteiger partial charge in [-0.05, 0) is 42.7 Å². The van der Waals surface area contributed by atoms with E-state index in [0.29, 0.717) is 36.6 Å². The summed E-state index contributed by atoms with van der Waals surface area (Å²) in [6, 6.07) is 13.0. The number of hydrogen-bond donors (Lipinski definition) is 1. The molecule has 1 aromatic carbocycles. The van der Waals surface area contributed by atoms with E-state index < -0.39 is 0 Å². The van der Waals surface area contributed by atoms with Crippen LogP contribution in [0.2, 0.25) is 0 Å². The van der Waals surface area contributed by atoms with E-state index in [1.165, 1.54) is 5.56 Å². The highest BCUT2D eigenvalue weighted by Crippen LogP contribution is 2.22. The maximum Gasteiger partial charge on any atom is 0.256 e. The minimum Gasteiger partial charge on any atom is -0.490 e. The second-order valence-electron chi connectivity index (χ2n) is 4.96. The second kappa shape index (κ2) is 8.54. The van der Waals surface area contributed by atoms with Crippen LogP contribution in [0.3, 0.4) is 0 Å². The zero-order valence-corrected chi connectivity index (χ0v) is 13.1. The monoisotopic (exact) mass is 309 g/mol. The minimum absolute atomic E-state index is 0.228. The van der Waals surface area contributed by atoms with E-state index in [2.05, 4.69) is 23.3 Å². The van der Waals surface area contributed by atoms with Gasteiger partial charge in [0, 0.05) is 18.2 Å². The van der Waals surface area contributed by atoms with Crippen molar-refractivity contribution in [2.45, 2.75) is 26.2 Å². The molecule has 5 nitrogen and oxygen atoms in total. The van der Waals surface area contributed by atoms with Crippen molar-refractivity contribution in [3.05, 3.63) is 53.7 Å². The Morgan fingerprint density at radius 2 is 2.09 bits per heavy atom. The number of nitrogens with one attached hydrogen (secondary N) is 1. The summed E-state index contributed by atoms with van der Waals surface area (Å²) in [4.78, 5) is 16.4. The zero-order valence-electron chi connectivity index (χ0n) is 13.1. The topological polar surface area (TPSA) is 75.0 Å². The van der Waals surface area contributed by atoms with Gasteiger partial charge in [0.1, 0.15) is 0 Å². The van der Waals surface area contributed by atoms with Crippen molar-refractivity contribution in [3.63, 3.8) is 0 Å². The van der Waals surface area contributed by atoms with Gasteiger partial charge in [0.15, 0.2) is 11.6 Å². The highest BCUT2D eigenvalue weighted by molar-refractivity contribution is 6.04. The van der Waals surface area contributed by atoms with E-state index in [-0.39, 0.29) is 5.91 Å². The Labute approximate surface area is 135 Å². The summed E-state index contributed by atoms with van der Waals surface area (Å²) < 4.78 is 5.58. The summed E-state index contributed by atoms with van der Waals surface area (Å²) >= 11 is 0. The Balaban J connectivity index is 2.03. The first-order chi connectivity index (χ1) is 11.2. The smallest absolute Gasteiger partial charge is 0.256 e. The highest BCUT2D eigenvalue weighted by atomic mass is 16.5. The number of rotatable bonds is 7. The van der Waals surface area contributed by atoms with E-state index in [1.807, 2.05) is 12.1 Å². The summed E-state index contributed by atoms with van der Waals surface area (Å²) in [5.41, 5.74) is 1.75. The first-order valence-corrected chi connectivity index (χ1v) is 7.59. The Morgan fingerprint density at radius 1 is 1.30 bits per heavy atom. The third kappa shape index (κ3) is 4.82. The van der Waals surface area contributed by atoms with Gasteiger partial charge in [0.25, 0.3) is 5.91 Å². The molecule has 1 aromatic heterocycles. The molecule has 0 bridgehead atoms. The van der Waals surface area contributed by atoms with Crippen LogP contribution in [-0.4, -0.2) is 17.5 Å². The number of nitriles is 1. The van der Waals surface area contributed by atoms with Gasteiger partial charge in [0.05, 0.1) is 12.7 Å². The van der Waals surface area contributed by atoms with Crippen molar-refractivity contribution in [1.82, 2.24) is 4.98 Å². The Bertz CT molecular complexity index is 690. The molecule has 1 amide bonds. The van der Waals surface area contributed by atoms with Crippen molar-refractivity contribution < 1.29 is 9.53 Å². The van der Waals surface area contributed by atoms with Gasteiger partial charge in [-0.15, -0.1) is 0 Å². The van der Waals surface area contributed by atoms with Crippen LogP contribution < -0.4 is 10.1 Å². The minimum atomic E-state index is -0.228. The number of hydrogen-bond acceptors (Lipinski definition) is 4. The van der Waals surface area contributed by atoms with Gasteiger partial charge >= 0.3 is 0 Å². The normalized spacial score (nSPS) is 9.91. The molecule has 1 heterocycles. The average molecular weight is 309 g/mol. The largest absolute Gasteiger partial charge is 0.490 e. The number of aromatic nitrogens is 1. The molecule has 0 aliphatic rings. The summed E-state index contributed by atoms with van der Waals surface area (Å²) in [5.74, 6) is 0.659. The summed E-state index contributed by atoms with van der Waals surface area (Å²) in [5, 5.41) is 11.3. The molecule has 5 heteroatoms. The molecule has 2 rings (SSSR count). The molecule has 0 saturated carbocycles. The van der Waals surface area contributed by atoms with Crippen LogP contribution in [0.5, 0.6) is 5.75 Å². The van der Waals surface area contributed by atoms with E-state index in [0.717, 1.165) is 6.42 Å². The SMILES string of the molecule is CCc1ccc(C(=O)Nc2ncccc2OCCCC#N)cc1. The lowest BCUT2D eigenvalue weighted by atomic mass is 10.1. The number of carbonyl (C=O) groups is 1. The molecular formula is C18H19N3O2. The maximum atomic E-state index is 12.3. The molecule has 0 radical (unpaired) electrons. The van der Waals surface area contributed by atoms with Crippen molar-refractivity contribution in [2.24, 2.45) is 0 Å². The number of amides is 1. The van der Waals surface area contributed by atoms with Gasteiger partial charge in [-0.2, -0.15) is 5.26 Å². The number of aryl methyl sites for hydroxylation is 1. The van der Waals surface area contributed by atoms with Crippen LogP contribution in [0, 0.1) is 11.3 Å². The van der Waals surface area contributed by atoms with Crippen molar-refractivity contribution in [3.8, 4) is 11.8 Å². The molecule has 0 saturated heterocycles. The lowest BCUT2D eigenvalue weighted by molar-refractivity contribution is 0.102. The van der Waals surface area contributed by atoms with Crippen LogP contribution in [0.15, 0.2) is 42.6 Å². The second-order valence-corrected chi connectivity index (χ2v) is 4.96. The molecule has 0 aliphatic carbocycles. The fourth-order valence-corrected chi connectivity index (χ4v) is 2.01. The number of benzene rings is 1. The van der Waals surface area contributed by atoms with Crippen molar-refractivity contribution in [2.75, 3.05) is 11.9 Å². The van der Waals surface area contributed by atoms with Crippen LogP contribution in [0.25, 0.3) is 0 Å². The predicted octanol–water partition coefficient (Wildman–Crippen LogP) is 3.58. The summed E-state index contributed by atoms with van der Waals surface area (Å²) in [6.45, 7) is 2.48. The molecule has 23 heavy (non-hydrogen) atoms. The zero-order chi connectivity index (χ0) is 16.5. The van der Waals surface area contributed by atoms with E-state index in [1.54, 1.807) is 30.5 Å². The molecule has 0 atom stereocenters. The maximum absolute atomic E-state index is 12.3. The van der Waals surface area contributed by atoms with E-state index >= 15 is 0 Å². The van der Waals surface area contributed by atoms with Gasteiger partial charge in [-0.25, -0.2) is 4.98 Å². The molecule has 2 aromatic rings. The Hall–Kier alpha value is -2.87. The number of nitrogens with zero attached hydrogens (tertiary/aromatic N) is 2. The molecular weight excluding hydrogens is 290 g/mol. The van der Waals surface area contributed by atoms with Gasteiger partial charge in [-0.3, -0.25) is 4.79 Å². The van der Waals surface area contributed by atoms with Crippen LogP contribution in [0.4, 0.5) is 5.82 Å². The number of pyridine rings is 1. The average Bonchev–Trinajstić information content (AvgIpc) is 2.60. The molecule has 118 valence electrons. The molecule has 0 aliphatic heterocycles. The fraction of sp³-hybridized carbons (Fsp3) is 0.278. The van der Waals surface area contributed by atoms with Crippen LogP contribution in [0.1, 0.15) is 35.7 Å². The highest BCUT2D eigenvalue weighted by Gasteiger charge is 2.11. The first kappa shape index (κ1) is 16.5. The third-order valence-corrected chi connectivity index (χ3v) is 3.32. The number of unbranched alkanes of at least 4 members (excludes halogenated alkanes) is 1. The standard InChI is InChI=1S/C18H19N3O2/c1-2-14-7-9-15(10-8-14)18(22)21-17-16(6-5-12-20-17)23-13-4-3-11-19/h5-10,12H,2-4,13H2,1H3,(H,20,21,22). The summed E-state index contributed by atoms with van der Waals surface area (Å²) in [6.07, 6.45) is 3.60. The van der Waals surface area contributed by atoms with Gasteiger partial charge < -0.3 is 10.1 Å². The van der Waals surface area contributed by atoms with Crippen molar-refractivity contribution in [1.29, 1.82) is 5.26 Å². The molecule has 0 unspecified atom stereocenters. The lowest BCUT2D eigenvalue weighted by Gasteiger charge is -2.11. The predicted molar refractivity (Wildman–Crippen MR) is 88.4 cm³/mol. The molecule has 0 spiro atoms. The Kier molecular flexibility index (Phi) is 6.13. The summed E-state index contributed by atoms with van der Waals surface area (Å²) in [7, 11) is 0. The number of ether oxygens (including phenoxy) is 1. The fourth-order valence-electron chi connectivity index (χ4n) is 2.01. The van der Waals surface area contributed by atoms with Crippen LogP contribution >= 0.6 is 0 Å². The molecule has 1 N–H and O–H groups in total. The van der Waals surface area contributed by atoms with E-state index in [9.17, 15) is 4.79 Å². The van der Waals surface area contributed by atoms with Gasteiger partial charge in [-0.1, -0.05) is 19.1 Å². The number of anilines is 1. The first-order valence-electron chi connectivity index (χ1n) is 7.59. The lowest BCUT2D eigenvalue weighted by Crippen LogP contribution is -2.14. The number of carbonyl (C=O) groups excluding carboxylic acids is 1. The third-order valence-electron chi connectivity index (χ3n) is 3.32. The van der Waals surface area contributed by atoms with E-state index in [4.69, 9.17) is 10.00 Å². The van der Waals surface area contributed by atoms with Crippen molar-refractivity contribution >= 4 is 11.7 Å². The quantitative estimate of drug-likeness (QED) is 0.793. The van der Waals surface area contributed by atoms with Crippen LogP contribution in [-0.2, 0) is 6.42 Å².